The summed E-state index contributed by atoms with van der Waals surface area (Å²) >= 11 is 5.74. The Bertz CT molecular complexity index is 352. The van der Waals surface area contributed by atoms with Gasteiger partial charge >= 0.3 is 0 Å². The minimum Gasteiger partial charge on any atom is -0.361 e. The lowest BCUT2D eigenvalue weighted by Gasteiger charge is -2.23. The lowest BCUT2D eigenvalue weighted by atomic mass is 10.3. The van der Waals surface area contributed by atoms with E-state index in [0.717, 1.165) is 5.17 Å². The highest BCUT2D eigenvalue weighted by molar-refractivity contribution is 6.30. The number of carbonyl (C=O) groups is 1. The number of hydrogen-bond acceptors (Lipinski definition) is 3. The van der Waals surface area contributed by atoms with E-state index >= 15 is 0 Å². The number of benzene rings is 1. The van der Waals surface area contributed by atoms with Gasteiger partial charge in [-0.1, -0.05) is 11.6 Å². The maximum Gasteiger partial charge on any atom is 0.269 e. The molecule has 4 nitrogen and oxygen atoms in total. The van der Waals surface area contributed by atoms with Gasteiger partial charge in [-0.25, -0.2) is 0 Å². The standard InChI is InChI=1S/C11H15ClN2O2/c1-8(2)13-14(9(3)15)16-11-6-4-10(12)5-7-11/h4-8,13H,1-3H3. The fourth-order valence-corrected chi connectivity index (χ4v) is 1.14. The third-order valence-electron chi connectivity index (χ3n) is 1.67. The second-order valence-corrected chi connectivity index (χ2v) is 4.08. The SMILES string of the molecule is CC(=O)N(NC(C)C)Oc1ccc(Cl)cc1. The Kier molecular flexibility index (Phi) is 4.58. The normalized spacial score (nSPS) is 10.3. The number of hydrogen-bond donors (Lipinski definition) is 1. The summed E-state index contributed by atoms with van der Waals surface area (Å²) in [5, 5.41) is 1.73. The van der Waals surface area contributed by atoms with E-state index in [2.05, 4.69) is 5.43 Å². The Hall–Kier alpha value is -1.26. The van der Waals surface area contributed by atoms with Crippen LogP contribution in [0, 0.1) is 0 Å². The van der Waals surface area contributed by atoms with Gasteiger partial charge in [0.1, 0.15) is 0 Å². The van der Waals surface area contributed by atoms with E-state index in [1.807, 2.05) is 13.8 Å². The van der Waals surface area contributed by atoms with Gasteiger partial charge in [-0.3, -0.25) is 4.79 Å². The minimum atomic E-state index is -0.219. The van der Waals surface area contributed by atoms with Crippen LogP contribution in [0.4, 0.5) is 0 Å². The molecule has 1 aromatic carbocycles. The molecule has 0 heterocycles. The molecule has 0 atom stereocenters. The number of nitrogens with one attached hydrogen (secondary N) is 1. The van der Waals surface area contributed by atoms with Crippen molar-refractivity contribution < 1.29 is 9.63 Å². The van der Waals surface area contributed by atoms with Crippen molar-refractivity contribution in [1.29, 1.82) is 0 Å². The predicted molar refractivity (Wildman–Crippen MR) is 62.9 cm³/mol. The highest BCUT2D eigenvalue weighted by Crippen LogP contribution is 2.16. The summed E-state index contributed by atoms with van der Waals surface area (Å²) in [4.78, 5) is 16.6. The van der Waals surface area contributed by atoms with Crippen LogP contribution in [0.1, 0.15) is 20.8 Å². The Labute approximate surface area is 100 Å². The summed E-state index contributed by atoms with van der Waals surface area (Å²) in [6, 6.07) is 6.90. The van der Waals surface area contributed by atoms with Crippen LogP contribution in [0.2, 0.25) is 5.02 Å². The summed E-state index contributed by atoms with van der Waals surface area (Å²) in [6.45, 7) is 5.26. The van der Waals surface area contributed by atoms with Gasteiger partial charge in [0.25, 0.3) is 5.91 Å². The van der Waals surface area contributed by atoms with Crippen molar-refractivity contribution in [2.75, 3.05) is 0 Å². The molecule has 1 rings (SSSR count). The molecule has 1 aromatic rings. The zero-order valence-electron chi connectivity index (χ0n) is 9.53. The van der Waals surface area contributed by atoms with E-state index in [9.17, 15) is 4.79 Å². The van der Waals surface area contributed by atoms with Crippen LogP contribution < -0.4 is 10.3 Å². The number of carbonyl (C=O) groups excluding carboxylic acids is 1. The molecule has 0 saturated heterocycles. The van der Waals surface area contributed by atoms with Crippen LogP contribution in [0.15, 0.2) is 24.3 Å². The summed E-state index contributed by atoms with van der Waals surface area (Å²) in [5.74, 6) is 0.330. The molecule has 0 fully saturated rings. The molecule has 0 radical (unpaired) electrons. The zero-order chi connectivity index (χ0) is 12.1. The molecular formula is C11H15ClN2O2. The van der Waals surface area contributed by atoms with Gasteiger partial charge in [0.2, 0.25) is 0 Å². The summed E-state index contributed by atoms with van der Waals surface area (Å²) in [7, 11) is 0. The number of hydrazine groups is 1. The Morgan fingerprint density at radius 1 is 1.38 bits per heavy atom. The highest BCUT2D eigenvalue weighted by atomic mass is 35.5. The number of halogens is 1. The third-order valence-corrected chi connectivity index (χ3v) is 1.92. The van der Waals surface area contributed by atoms with Crippen LogP contribution in [0.5, 0.6) is 5.75 Å². The van der Waals surface area contributed by atoms with Crippen molar-refractivity contribution in [1.82, 2.24) is 10.6 Å². The van der Waals surface area contributed by atoms with Gasteiger partial charge in [0.15, 0.2) is 5.75 Å². The molecule has 0 aliphatic rings. The molecule has 0 bridgehead atoms. The Morgan fingerprint density at radius 3 is 2.38 bits per heavy atom. The van der Waals surface area contributed by atoms with Crippen LogP contribution >= 0.6 is 11.6 Å². The summed E-state index contributed by atoms with van der Waals surface area (Å²) in [5.41, 5.74) is 2.87. The van der Waals surface area contributed by atoms with Gasteiger partial charge in [0, 0.05) is 18.0 Å². The number of amides is 1. The quantitative estimate of drug-likeness (QED) is 0.825. The molecule has 88 valence electrons. The number of rotatable bonds is 4. The zero-order valence-corrected chi connectivity index (χ0v) is 10.3. The fraction of sp³-hybridized carbons (Fsp3) is 0.364. The summed E-state index contributed by atoms with van der Waals surface area (Å²) in [6.07, 6.45) is 0. The maximum absolute atomic E-state index is 11.3. The van der Waals surface area contributed by atoms with E-state index in [0.29, 0.717) is 10.8 Å². The maximum atomic E-state index is 11.3. The monoisotopic (exact) mass is 242 g/mol. The van der Waals surface area contributed by atoms with Gasteiger partial charge in [-0.2, -0.15) is 5.43 Å². The van der Waals surface area contributed by atoms with Crippen molar-refractivity contribution in [2.24, 2.45) is 0 Å². The van der Waals surface area contributed by atoms with Gasteiger partial charge < -0.3 is 4.84 Å². The van der Waals surface area contributed by atoms with E-state index in [4.69, 9.17) is 16.4 Å². The van der Waals surface area contributed by atoms with Crippen molar-refractivity contribution >= 4 is 17.5 Å². The van der Waals surface area contributed by atoms with Crippen LogP contribution in [-0.2, 0) is 4.79 Å². The van der Waals surface area contributed by atoms with Gasteiger partial charge in [0.05, 0.1) is 0 Å². The molecule has 0 saturated carbocycles. The first-order chi connectivity index (χ1) is 7.49. The van der Waals surface area contributed by atoms with Gasteiger partial charge in [-0.15, -0.1) is 5.17 Å². The van der Waals surface area contributed by atoms with E-state index in [1.54, 1.807) is 24.3 Å². The lowest BCUT2D eigenvalue weighted by Crippen LogP contribution is -2.47. The first-order valence-electron chi connectivity index (χ1n) is 4.99. The van der Waals surface area contributed by atoms with Crippen LogP contribution in [0.25, 0.3) is 0 Å². The fourth-order valence-electron chi connectivity index (χ4n) is 1.02. The van der Waals surface area contributed by atoms with Crippen LogP contribution in [-0.4, -0.2) is 17.1 Å². The lowest BCUT2D eigenvalue weighted by molar-refractivity contribution is -0.168. The topological polar surface area (TPSA) is 41.6 Å². The molecule has 1 amide bonds. The largest absolute Gasteiger partial charge is 0.361 e. The molecule has 1 N–H and O–H groups in total. The molecule has 5 heteroatoms. The molecule has 16 heavy (non-hydrogen) atoms. The number of hydroxylamine groups is 1. The van der Waals surface area contributed by atoms with Gasteiger partial charge in [-0.05, 0) is 38.1 Å². The predicted octanol–water partition coefficient (Wildman–Crippen LogP) is 2.40. The second-order valence-electron chi connectivity index (χ2n) is 3.64. The van der Waals surface area contributed by atoms with E-state index in [1.165, 1.54) is 6.92 Å². The number of nitrogens with zero attached hydrogens (tertiary/aromatic N) is 1. The van der Waals surface area contributed by atoms with Crippen molar-refractivity contribution in [3.8, 4) is 5.75 Å². The Morgan fingerprint density at radius 2 is 1.94 bits per heavy atom. The van der Waals surface area contributed by atoms with Crippen LogP contribution in [0.3, 0.4) is 0 Å². The van der Waals surface area contributed by atoms with Crippen molar-refractivity contribution in [2.45, 2.75) is 26.8 Å². The highest BCUT2D eigenvalue weighted by Gasteiger charge is 2.11. The summed E-state index contributed by atoms with van der Waals surface area (Å²) < 4.78 is 0. The van der Waals surface area contributed by atoms with Crippen molar-refractivity contribution in [3.63, 3.8) is 0 Å². The minimum absolute atomic E-state index is 0.108. The second kappa shape index (κ2) is 5.72. The average Bonchev–Trinajstić information content (AvgIpc) is 2.19. The molecule has 0 spiro atoms. The Balaban J connectivity index is 2.68. The molecule has 0 unspecified atom stereocenters. The van der Waals surface area contributed by atoms with Crippen molar-refractivity contribution in [3.05, 3.63) is 29.3 Å². The molecule has 0 aromatic heterocycles. The first kappa shape index (κ1) is 12.8. The first-order valence-corrected chi connectivity index (χ1v) is 5.37. The van der Waals surface area contributed by atoms with E-state index in [-0.39, 0.29) is 11.9 Å². The molecule has 0 aliphatic heterocycles. The average molecular weight is 243 g/mol. The molecule has 0 aliphatic carbocycles. The molecular weight excluding hydrogens is 228 g/mol. The van der Waals surface area contributed by atoms with E-state index < -0.39 is 0 Å². The third kappa shape index (κ3) is 4.08. The smallest absolute Gasteiger partial charge is 0.269 e.